The lowest BCUT2D eigenvalue weighted by molar-refractivity contribution is -0.161. The third-order valence-electron chi connectivity index (χ3n) is 4.63. The van der Waals surface area contributed by atoms with Gasteiger partial charge in [0.15, 0.2) is 0 Å². The molecule has 2 fully saturated rings. The Labute approximate surface area is 144 Å². The van der Waals surface area contributed by atoms with Crippen molar-refractivity contribution in [1.82, 2.24) is 14.9 Å². The van der Waals surface area contributed by atoms with Crippen LogP contribution in [0.5, 0.6) is 0 Å². The van der Waals surface area contributed by atoms with E-state index in [1.165, 1.54) is 17.6 Å². The average molecular weight is 357 g/mol. The Morgan fingerprint density at radius 2 is 1.48 bits per heavy atom. The molecule has 0 unspecified atom stereocenters. The molecule has 0 atom stereocenters. The van der Waals surface area contributed by atoms with Crippen LogP contribution in [-0.4, -0.2) is 66.2 Å². The number of hydrogen-bond acceptors (Lipinski definition) is 5. The molecular formula is C16H22F3N5O. The molecule has 1 aromatic heterocycles. The van der Waals surface area contributed by atoms with E-state index in [-0.39, 0.29) is 13.1 Å². The zero-order valence-corrected chi connectivity index (χ0v) is 14.0. The van der Waals surface area contributed by atoms with Crippen LogP contribution in [0.25, 0.3) is 0 Å². The highest BCUT2D eigenvalue weighted by Crippen LogP contribution is 2.24. The van der Waals surface area contributed by atoms with Gasteiger partial charge >= 0.3 is 6.18 Å². The fraction of sp³-hybridized carbons (Fsp3) is 0.688. The van der Waals surface area contributed by atoms with Crippen LogP contribution in [0.1, 0.15) is 25.7 Å². The maximum Gasteiger partial charge on any atom is 0.397 e. The van der Waals surface area contributed by atoms with Crippen LogP contribution < -0.4 is 9.80 Å². The zero-order valence-electron chi connectivity index (χ0n) is 14.0. The van der Waals surface area contributed by atoms with Gasteiger partial charge in [0.25, 0.3) is 0 Å². The summed E-state index contributed by atoms with van der Waals surface area (Å²) in [4.78, 5) is 25.8. The molecule has 0 radical (unpaired) electrons. The zero-order chi connectivity index (χ0) is 17.9. The van der Waals surface area contributed by atoms with Crippen LogP contribution in [-0.2, 0) is 4.79 Å². The highest BCUT2D eigenvalue weighted by Gasteiger charge is 2.34. The Morgan fingerprint density at radius 1 is 0.920 bits per heavy atom. The molecule has 9 heteroatoms. The molecule has 2 aliphatic rings. The van der Waals surface area contributed by atoms with Crippen molar-refractivity contribution in [3.05, 3.63) is 12.4 Å². The number of alkyl halides is 3. The Bertz CT molecular complexity index is 596. The predicted octanol–water partition coefficient (Wildman–Crippen LogP) is 2.07. The molecule has 2 saturated heterocycles. The van der Waals surface area contributed by atoms with E-state index in [1.807, 2.05) is 11.0 Å². The monoisotopic (exact) mass is 357 g/mol. The van der Waals surface area contributed by atoms with Gasteiger partial charge in [0, 0.05) is 45.3 Å². The van der Waals surface area contributed by atoms with Gasteiger partial charge in [-0.05, 0) is 19.3 Å². The highest BCUT2D eigenvalue weighted by molar-refractivity contribution is 5.77. The number of anilines is 2. The van der Waals surface area contributed by atoms with Gasteiger partial charge in [0.05, 0.1) is 0 Å². The van der Waals surface area contributed by atoms with E-state index in [4.69, 9.17) is 0 Å². The second-order valence-corrected chi connectivity index (χ2v) is 6.44. The normalized spacial score (nSPS) is 19.2. The minimum absolute atomic E-state index is 0.276. The van der Waals surface area contributed by atoms with Crippen molar-refractivity contribution in [1.29, 1.82) is 0 Å². The first-order valence-corrected chi connectivity index (χ1v) is 8.59. The number of piperazine rings is 1. The van der Waals surface area contributed by atoms with Crippen molar-refractivity contribution < 1.29 is 18.0 Å². The van der Waals surface area contributed by atoms with E-state index >= 15 is 0 Å². The van der Waals surface area contributed by atoms with Gasteiger partial charge in [0.1, 0.15) is 24.4 Å². The van der Waals surface area contributed by atoms with Gasteiger partial charge in [-0.3, -0.25) is 4.79 Å². The molecule has 3 rings (SSSR count). The first-order valence-electron chi connectivity index (χ1n) is 8.59. The number of carbonyl (C=O) groups excluding carboxylic acids is 1. The SMILES string of the molecule is O=C(CC(F)(F)F)N1CCN(c2cc(N3CCCCC3)ncn2)CC1. The van der Waals surface area contributed by atoms with Crippen molar-refractivity contribution in [3.63, 3.8) is 0 Å². The largest absolute Gasteiger partial charge is 0.397 e. The third kappa shape index (κ3) is 4.73. The molecule has 6 nitrogen and oxygen atoms in total. The molecule has 0 aromatic carbocycles. The van der Waals surface area contributed by atoms with E-state index < -0.39 is 18.5 Å². The minimum atomic E-state index is -4.45. The molecule has 0 bridgehead atoms. The second-order valence-electron chi connectivity index (χ2n) is 6.44. The van der Waals surface area contributed by atoms with Crippen LogP contribution in [0.15, 0.2) is 12.4 Å². The predicted molar refractivity (Wildman–Crippen MR) is 87.6 cm³/mol. The van der Waals surface area contributed by atoms with E-state index in [0.29, 0.717) is 13.1 Å². The van der Waals surface area contributed by atoms with E-state index in [0.717, 1.165) is 37.6 Å². The number of nitrogens with zero attached hydrogens (tertiary/aromatic N) is 5. The van der Waals surface area contributed by atoms with Gasteiger partial charge in [-0.25, -0.2) is 9.97 Å². The standard InChI is InChI=1S/C16H22F3N5O/c17-16(18,19)11-15(25)24-8-6-23(7-9-24)14-10-13(20-12-21-14)22-4-2-1-3-5-22/h10,12H,1-9,11H2. The van der Waals surface area contributed by atoms with Crippen molar-refractivity contribution in [3.8, 4) is 0 Å². The number of halogens is 3. The van der Waals surface area contributed by atoms with Gasteiger partial charge in [-0.2, -0.15) is 13.2 Å². The fourth-order valence-electron chi connectivity index (χ4n) is 3.27. The first kappa shape index (κ1) is 17.8. The van der Waals surface area contributed by atoms with Gasteiger partial charge in [-0.1, -0.05) is 0 Å². The van der Waals surface area contributed by atoms with Gasteiger partial charge in [-0.15, -0.1) is 0 Å². The maximum absolute atomic E-state index is 12.3. The highest BCUT2D eigenvalue weighted by atomic mass is 19.4. The molecule has 2 aliphatic heterocycles. The number of carbonyl (C=O) groups is 1. The second kappa shape index (κ2) is 7.45. The maximum atomic E-state index is 12.3. The Kier molecular flexibility index (Phi) is 5.29. The Morgan fingerprint density at radius 3 is 2.04 bits per heavy atom. The van der Waals surface area contributed by atoms with Crippen molar-refractivity contribution >= 4 is 17.5 Å². The molecule has 1 aromatic rings. The molecule has 0 N–H and O–H groups in total. The summed E-state index contributed by atoms with van der Waals surface area (Å²) in [5.74, 6) is 0.794. The smallest absolute Gasteiger partial charge is 0.356 e. The third-order valence-corrected chi connectivity index (χ3v) is 4.63. The average Bonchev–Trinajstić information content (AvgIpc) is 2.61. The Hall–Kier alpha value is -2.06. The van der Waals surface area contributed by atoms with E-state index in [9.17, 15) is 18.0 Å². The van der Waals surface area contributed by atoms with E-state index in [1.54, 1.807) is 0 Å². The molecule has 3 heterocycles. The number of aromatic nitrogens is 2. The summed E-state index contributed by atoms with van der Waals surface area (Å²) in [5.41, 5.74) is 0. The number of piperidine rings is 1. The summed E-state index contributed by atoms with van der Waals surface area (Å²) >= 11 is 0. The first-order chi connectivity index (χ1) is 11.9. The summed E-state index contributed by atoms with van der Waals surface area (Å²) in [6.45, 7) is 3.46. The summed E-state index contributed by atoms with van der Waals surface area (Å²) < 4.78 is 37.0. The number of hydrogen-bond donors (Lipinski definition) is 0. The van der Waals surface area contributed by atoms with Crippen LogP contribution in [0.3, 0.4) is 0 Å². The van der Waals surface area contributed by atoms with Crippen molar-refractivity contribution in [2.24, 2.45) is 0 Å². The Balaban J connectivity index is 1.58. The lowest BCUT2D eigenvalue weighted by Crippen LogP contribution is -2.49. The summed E-state index contributed by atoms with van der Waals surface area (Å²) in [6.07, 6.45) is -0.773. The fourth-order valence-corrected chi connectivity index (χ4v) is 3.27. The van der Waals surface area contributed by atoms with Crippen LogP contribution in [0, 0.1) is 0 Å². The number of amides is 1. The summed E-state index contributed by atoms with van der Waals surface area (Å²) in [5, 5.41) is 0. The molecule has 0 spiro atoms. The minimum Gasteiger partial charge on any atom is -0.356 e. The van der Waals surface area contributed by atoms with Crippen molar-refractivity contribution in [2.45, 2.75) is 31.9 Å². The molecular weight excluding hydrogens is 335 g/mol. The quantitative estimate of drug-likeness (QED) is 0.829. The molecule has 25 heavy (non-hydrogen) atoms. The van der Waals surface area contributed by atoms with Crippen LogP contribution in [0.4, 0.5) is 24.8 Å². The van der Waals surface area contributed by atoms with Gasteiger partial charge < -0.3 is 14.7 Å². The topological polar surface area (TPSA) is 52.6 Å². The summed E-state index contributed by atoms with van der Waals surface area (Å²) in [7, 11) is 0. The van der Waals surface area contributed by atoms with Crippen LogP contribution in [0.2, 0.25) is 0 Å². The van der Waals surface area contributed by atoms with Crippen molar-refractivity contribution in [2.75, 3.05) is 49.1 Å². The number of rotatable bonds is 3. The van der Waals surface area contributed by atoms with E-state index in [2.05, 4.69) is 14.9 Å². The molecule has 138 valence electrons. The summed E-state index contributed by atoms with van der Waals surface area (Å²) in [6, 6.07) is 1.93. The molecule has 0 aliphatic carbocycles. The lowest BCUT2D eigenvalue weighted by Gasteiger charge is -2.36. The molecule has 1 amide bonds. The lowest BCUT2D eigenvalue weighted by atomic mass is 10.1. The molecule has 0 saturated carbocycles. The van der Waals surface area contributed by atoms with Crippen LogP contribution >= 0.6 is 0 Å². The van der Waals surface area contributed by atoms with Gasteiger partial charge in [0.2, 0.25) is 5.91 Å².